The Labute approximate surface area is 106 Å². The van der Waals surface area contributed by atoms with Crippen molar-refractivity contribution in [2.45, 2.75) is 25.8 Å². The van der Waals surface area contributed by atoms with E-state index in [1.807, 2.05) is 7.05 Å². The summed E-state index contributed by atoms with van der Waals surface area (Å²) >= 11 is 3.57. The fourth-order valence-corrected chi connectivity index (χ4v) is 2.66. The number of piperidine rings is 1. The van der Waals surface area contributed by atoms with Gasteiger partial charge < -0.3 is 10.2 Å². The Morgan fingerprint density at radius 2 is 2.00 bits per heavy atom. The van der Waals surface area contributed by atoms with E-state index in [0.29, 0.717) is 0 Å². The summed E-state index contributed by atoms with van der Waals surface area (Å²) in [7, 11) is 2.00. The molecule has 0 amide bonds. The molecule has 0 radical (unpaired) electrons. The lowest BCUT2D eigenvalue weighted by Gasteiger charge is -2.30. The van der Waals surface area contributed by atoms with E-state index in [0.717, 1.165) is 6.54 Å². The Hall–Kier alpha value is -0.540. The normalized spacial score (nSPS) is 16.5. The fourth-order valence-electron chi connectivity index (χ4n) is 2.31. The highest BCUT2D eigenvalue weighted by atomic mass is 79.9. The van der Waals surface area contributed by atoms with Crippen LogP contribution in [0.1, 0.15) is 24.8 Å². The SMILES string of the molecule is CNCc1ccc(Br)cc1N1CCCCC1. The Kier molecular flexibility index (Phi) is 4.24. The van der Waals surface area contributed by atoms with Crippen molar-refractivity contribution in [1.29, 1.82) is 0 Å². The fraction of sp³-hybridized carbons (Fsp3) is 0.538. The van der Waals surface area contributed by atoms with E-state index in [-0.39, 0.29) is 0 Å². The van der Waals surface area contributed by atoms with Crippen LogP contribution in [-0.4, -0.2) is 20.1 Å². The van der Waals surface area contributed by atoms with Crippen LogP contribution in [0, 0.1) is 0 Å². The Balaban J connectivity index is 2.24. The first-order valence-corrected chi connectivity index (χ1v) is 6.78. The molecule has 2 rings (SSSR count). The average Bonchev–Trinajstić information content (AvgIpc) is 2.33. The first-order valence-electron chi connectivity index (χ1n) is 5.99. The van der Waals surface area contributed by atoms with E-state index in [4.69, 9.17) is 0 Å². The van der Waals surface area contributed by atoms with Crippen molar-refractivity contribution in [2.75, 3.05) is 25.0 Å². The van der Waals surface area contributed by atoms with Gasteiger partial charge in [0.25, 0.3) is 0 Å². The summed E-state index contributed by atoms with van der Waals surface area (Å²) in [5, 5.41) is 3.24. The lowest BCUT2D eigenvalue weighted by atomic mass is 10.1. The van der Waals surface area contributed by atoms with Gasteiger partial charge in [-0.05, 0) is 44.0 Å². The van der Waals surface area contributed by atoms with Gasteiger partial charge in [0.1, 0.15) is 0 Å². The molecule has 0 bridgehead atoms. The summed E-state index contributed by atoms with van der Waals surface area (Å²) in [4.78, 5) is 2.51. The molecule has 1 aliphatic heterocycles. The molecule has 0 saturated carbocycles. The third kappa shape index (κ3) is 2.77. The zero-order valence-electron chi connectivity index (χ0n) is 9.80. The molecular weight excluding hydrogens is 264 g/mol. The van der Waals surface area contributed by atoms with Crippen molar-refractivity contribution in [1.82, 2.24) is 5.32 Å². The van der Waals surface area contributed by atoms with Gasteiger partial charge in [-0.1, -0.05) is 22.0 Å². The van der Waals surface area contributed by atoms with E-state index in [1.165, 1.54) is 48.1 Å². The van der Waals surface area contributed by atoms with Gasteiger partial charge in [0.2, 0.25) is 0 Å². The average molecular weight is 283 g/mol. The van der Waals surface area contributed by atoms with E-state index in [9.17, 15) is 0 Å². The highest BCUT2D eigenvalue weighted by Gasteiger charge is 2.14. The largest absolute Gasteiger partial charge is 0.371 e. The lowest BCUT2D eigenvalue weighted by molar-refractivity contribution is 0.575. The van der Waals surface area contributed by atoms with Crippen LogP contribution < -0.4 is 10.2 Å². The standard InChI is InChI=1S/C13H19BrN2/c1-15-10-11-5-6-12(14)9-13(11)16-7-3-2-4-8-16/h5-6,9,15H,2-4,7-8,10H2,1H3. The van der Waals surface area contributed by atoms with Crippen LogP contribution in [-0.2, 0) is 6.54 Å². The van der Waals surface area contributed by atoms with Crippen LogP contribution in [0.15, 0.2) is 22.7 Å². The molecule has 1 saturated heterocycles. The van der Waals surface area contributed by atoms with Crippen LogP contribution in [0.25, 0.3) is 0 Å². The molecule has 1 aromatic rings. The van der Waals surface area contributed by atoms with E-state index >= 15 is 0 Å². The van der Waals surface area contributed by atoms with Crippen molar-refractivity contribution in [3.05, 3.63) is 28.2 Å². The number of rotatable bonds is 3. The Bertz CT molecular complexity index is 346. The van der Waals surface area contributed by atoms with E-state index in [2.05, 4.69) is 44.3 Å². The van der Waals surface area contributed by atoms with Gasteiger partial charge >= 0.3 is 0 Å². The van der Waals surface area contributed by atoms with Gasteiger partial charge in [0, 0.05) is 29.8 Å². The number of anilines is 1. The summed E-state index contributed by atoms with van der Waals surface area (Å²) in [6.45, 7) is 3.35. The smallest absolute Gasteiger partial charge is 0.0423 e. The number of hydrogen-bond acceptors (Lipinski definition) is 2. The third-order valence-corrected chi connectivity index (χ3v) is 3.60. The van der Waals surface area contributed by atoms with Crippen molar-refractivity contribution in [2.24, 2.45) is 0 Å². The highest BCUT2D eigenvalue weighted by Crippen LogP contribution is 2.27. The molecular formula is C13H19BrN2. The predicted octanol–water partition coefficient (Wildman–Crippen LogP) is 3.16. The molecule has 0 unspecified atom stereocenters. The second kappa shape index (κ2) is 5.69. The van der Waals surface area contributed by atoms with E-state index < -0.39 is 0 Å². The maximum Gasteiger partial charge on any atom is 0.0423 e. The monoisotopic (exact) mass is 282 g/mol. The van der Waals surface area contributed by atoms with Crippen molar-refractivity contribution in [3.63, 3.8) is 0 Å². The van der Waals surface area contributed by atoms with Crippen molar-refractivity contribution < 1.29 is 0 Å². The van der Waals surface area contributed by atoms with Crippen molar-refractivity contribution in [3.8, 4) is 0 Å². The third-order valence-electron chi connectivity index (χ3n) is 3.11. The Morgan fingerprint density at radius 3 is 2.69 bits per heavy atom. The molecule has 16 heavy (non-hydrogen) atoms. The van der Waals surface area contributed by atoms with Crippen LogP contribution in [0.2, 0.25) is 0 Å². The molecule has 0 spiro atoms. The molecule has 1 N–H and O–H groups in total. The van der Waals surface area contributed by atoms with Crippen LogP contribution in [0.3, 0.4) is 0 Å². The Morgan fingerprint density at radius 1 is 1.25 bits per heavy atom. The first-order chi connectivity index (χ1) is 7.81. The zero-order chi connectivity index (χ0) is 11.4. The molecule has 2 nitrogen and oxygen atoms in total. The maximum absolute atomic E-state index is 3.57. The summed E-state index contributed by atoms with van der Waals surface area (Å²) in [6, 6.07) is 6.59. The van der Waals surface area contributed by atoms with Crippen molar-refractivity contribution >= 4 is 21.6 Å². The number of nitrogens with zero attached hydrogens (tertiary/aromatic N) is 1. The van der Waals surface area contributed by atoms with Crippen LogP contribution in [0.5, 0.6) is 0 Å². The van der Waals surface area contributed by atoms with Gasteiger partial charge in [-0.25, -0.2) is 0 Å². The van der Waals surface area contributed by atoms with E-state index in [1.54, 1.807) is 0 Å². The maximum atomic E-state index is 3.57. The minimum atomic E-state index is 0.944. The summed E-state index contributed by atoms with van der Waals surface area (Å²) < 4.78 is 1.17. The van der Waals surface area contributed by atoms with Gasteiger partial charge in [0.15, 0.2) is 0 Å². The second-order valence-corrected chi connectivity index (χ2v) is 5.27. The minimum absolute atomic E-state index is 0.944. The molecule has 1 fully saturated rings. The minimum Gasteiger partial charge on any atom is -0.371 e. The molecule has 3 heteroatoms. The molecule has 0 atom stereocenters. The molecule has 0 aromatic heterocycles. The second-order valence-electron chi connectivity index (χ2n) is 4.35. The predicted molar refractivity (Wildman–Crippen MR) is 73.0 cm³/mol. The summed E-state index contributed by atoms with van der Waals surface area (Å²) in [5.74, 6) is 0. The quantitative estimate of drug-likeness (QED) is 0.916. The highest BCUT2D eigenvalue weighted by molar-refractivity contribution is 9.10. The number of nitrogens with one attached hydrogen (secondary N) is 1. The zero-order valence-corrected chi connectivity index (χ0v) is 11.4. The number of benzene rings is 1. The molecule has 1 aliphatic rings. The molecule has 0 aliphatic carbocycles. The molecule has 1 aromatic carbocycles. The van der Waals surface area contributed by atoms with Gasteiger partial charge in [0.05, 0.1) is 0 Å². The lowest BCUT2D eigenvalue weighted by Crippen LogP contribution is -2.30. The topological polar surface area (TPSA) is 15.3 Å². The molecule has 88 valence electrons. The van der Waals surface area contributed by atoms with Crippen LogP contribution >= 0.6 is 15.9 Å². The first kappa shape index (κ1) is 11.9. The summed E-state index contributed by atoms with van der Waals surface area (Å²) in [5.41, 5.74) is 2.79. The van der Waals surface area contributed by atoms with Crippen LogP contribution in [0.4, 0.5) is 5.69 Å². The number of halogens is 1. The van der Waals surface area contributed by atoms with Gasteiger partial charge in [-0.2, -0.15) is 0 Å². The summed E-state index contributed by atoms with van der Waals surface area (Å²) in [6.07, 6.45) is 4.03. The molecule has 1 heterocycles. The van der Waals surface area contributed by atoms with Gasteiger partial charge in [-0.15, -0.1) is 0 Å². The number of hydrogen-bond donors (Lipinski definition) is 1. The van der Waals surface area contributed by atoms with Gasteiger partial charge in [-0.3, -0.25) is 0 Å².